The summed E-state index contributed by atoms with van der Waals surface area (Å²) in [5.74, 6) is -1.32. The summed E-state index contributed by atoms with van der Waals surface area (Å²) in [6.45, 7) is 0.498. The molecular weight excluding hydrogens is 349 g/mol. The van der Waals surface area contributed by atoms with Gasteiger partial charge in [-0.2, -0.15) is 4.39 Å². The van der Waals surface area contributed by atoms with Gasteiger partial charge in [0.1, 0.15) is 5.25 Å². The van der Waals surface area contributed by atoms with E-state index in [0.717, 1.165) is 16.7 Å². The van der Waals surface area contributed by atoms with Crippen LogP contribution in [-0.4, -0.2) is 62.3 Å². The topological polar surface area (TPSA) is 90.8 Å². The third-order valence-electron chi connectivity index (χ3n) is 4.69. The number of carbonyl (C=O) groups is 3. The van der Waals surface area contributed by atoms with E-state index in [1.807, 2.05) is 0 Å². The molecule has 3 amide bonds. The third kappa shape index (κ3) is 3.38. The van der Waals surface area contributed by atoms with E-state index >= 15 is 0 Å². The van der Waals surface area contributed by atoms with Gasteiger partial charge in [-0.1, -0.05) is 17.8 Å². The first kappa shape index (κ1) is 17.8. The van der Waals surface area contributed by atoms with Crippen molar-refractivity contribution in [1.29, 1.82) is 0 Å². The van der Waals surface area contributed by atoms with Crippen LogP contribution < -0.4 is 0 Å². The van der Waals surface area contributed by atoms with Crippen molar-refractivity contribution in [1.82, 2.24) is 14.8 Å². The molecule has 134 valence electrons. The van der Waals surface area contributed by atoms with Crippen molar-refractivity contribution in [2.75, 3.05) is 20.1 Å². The molecule has 2 fully saturated rings. The van der Waals surface area contributed by atoms with Gasteiger partial charge in [0.25, 0.3) is 5.24 Å². The molecule has 3 rings (SSSR count). The number of rotatable bonds is 3. The number of hydrogen-bond acceptors (Lipinski definition) is 6. The Hall–Kier alpha value is -2.00. The van der Waals surface area contributed by atoms with Gasteiger partial charge in [0, 0.05) is 38.3 Å². The lowest BCUT2D eigenvalue weighted by atomic mass is 9.85. The van der Waals surface area contributed by atoms with E-state index in [-0.39, 0.29) is 55.0 Å². The minimum absolute atomic E-state index is 0.0563. The molecule has 1 atom stereocenters. The Labute approximate surface area is 148 Å². The lowest BCUT2D eigenvalue weighted by Crippen LogP contribution is -2.46. The number of amides is 3. The Balaban J connectivity index is 1.61. The molecule has 1 aromatic rings. The number of hydrogen-bond donors (Lipinski definition) is 1. The van der Waals surface area contributed by atoms with Crippen LogP contribution in [0, 0.1) is 5.95 Å². The first-order valence-corrected chi connectivity index (χ1v) is 8.79. The largest absolute Gasteiger partial charge is 0.385 e. The fraction of sp³-hybridized carbons (Fsp3) is 0.500. The molecule has 2 aliphatic heterocycles. The number of aromatic nitrogens is 1. The summed E-state index contributed by atoms with van der Waals surface area (Å²) in [4.78, 5) is 41.9. The highest BCUT2D eigenvalue weighted by molar-refractivity contribution is 8.15. The summed E-state index contributed by atoms with van der Waals surface area (Å²) >= 11 is 0.855. The molecule has 2 saturated heterocycles. The van der Waals surface area contributed by atoms with Gasteiger partial charge in [0.05, 0.1) is 5.60 Å². The quantitative estimate of drug-likeness (QED) is 0.805. The number of carbonyl (C=O) groups excluding carboxylic acids is 3. The van der Waals surface area contributed by atoms with Gasteiger partial charge in [0.15, 0.2) is 0 Å². The van der Waals surface area contributed by atoms with Gasteiger partial charge in [-0.15, -0.1) is 0 Å². The van der Waals surface area contributed by atoms with Gasteiger partial charge in [-0.25, -0.2) is 4.98 Å². The molecule has 0 aromatic carbocycles. The standard InChI is InChI=1S/C16H18FN3O4S/c1-19-14(22)11(25-15(19)23)9-12(21)20-7-4-16(24,5-8-20)10-3-2-6-18-13(10)17/h2-3,6,11,24H,4-5,7-9H2,1H3/t11-/m1/s1. The summed E-state index contributed by atoms with van der Waals surface area (Å²) in [5.41, 5.74) is -1.22. The van der Waals surface area contributed by atoms with E-state index in [0.29, 0.717) is 0 Å². The van der Waals surface area contributed by atoms with Crippen molar-refractivity contribution in [3.8, 4) is 0 Å². The van der Waals surface area contributed by atoms with E-state index in [9.17, 15) is 23.9 Å². The van der Waals surface area contributed by atoms with Crippen molar-refractivity contribution in [2.24, 2.45) is 0 Å². The summed E-state index contributed by atoms with van der Waals surface area (Å²) in [5, 5.41) is 9.64. The number of halogens is 1. The summed E-state index contributed by atoms with van der Waals surface area (Å²) < 4.78 is 13.8. The van der Waals surface area contributed by atoms with Crippen LogP contribution >= 0.6 is 11.8 Å². The SMILES string of the molecule is CN1C(=O)S[C@H](CC(=O)N2CCC(O)(c3cccnc3F)CC2)C1=O. The van der Waals surface area contributed by atoms with E-state index in [2.05, 4.69) is 4.98 Å². The highest BCUT2D eigenvalue weighted by Gasteiger charge is 2.41. The Morgan fingerprint density at radius 2 is 2.12 bits per heavy atom. The Bertz CT molecular complexity index is 721. The Kier molecular flexibility index (Phi) is 4.79. The predicted octanol–water partition coefficient (Wildman–Crippen LogP) is 1.11. The molecule has 0 spiro atoms. The van der Waals surface area contributed by atoms with Crippen molar-refractivity contribution < 1.29 is 23.9 Å². The normalized spacial score (nSPS) is 23.2. The van der Waals surface area contributed by atoms with Crippen LogP contribution in [0.15, 0.2) is 18.3 Å². The van der Waals surface area contributed by atoms with Crippen molar-refractivity contribution in [3.63, 3.8) is 0 Å². The van der Waals surface area contributed by atoms with Crippen molar-refractivity contribution >= 4 is 28.8 Å². The lowest BCUT2D eigenvalue weighted by molar-refractivity contribution is -0.138. The maximum Gasteiger partial charge on any atom is 0.288 e. The molecular formula is C16H18FN3O4S. The zero-order valence-corrected chi connectivity index (χ0v) is 14.5. The molecule has 3 heterocycles. The molecule has 0 aliphatic carbocycles. The smallest absolute Gasteiger partial charge is 0.288 e. The zero-order valence-electron chi connectivity index (χ0n) is 13.6. The maximum absolute atomic E-state index is 13.8. The fourth-order valence-electron chi connectivity index (χ4n) is 3.10. The van der Waals surface area contributed by atoms with Crippen LogP contribution in [0.1, 0.15) is 24.8 Å². The van der Waals surface area contributed by atoms with E-state index < -0.39 is 16.8 Å². The number of nitrogens with zero attached hydrogens (tertiary/aromatic N) is 3. The minimum atomic E-state index is -1.36. The average molecular weight is 367 g/mol. The number of imide groups is 1. The van der Waals surface area contributed by atoms with Gasteiger partial charge in [-0.3, -0.25) is 19.3 Å². The average Bonchev–Trinajstić information content (AvgIpc) is 2.82. The summed E-state index contributed by atoms with van der Waals surface area (Å²) in [6, 6.07) is 3.06. The first-order chi connectivity index (χ1) is 11.8. The number of likely N-dealkylation sites (tertiary alicyclic amines) is 1. The highest BCUT2D eigenvalue weighted by atomic mass is 32.2. The van der Waals surface area contributed by atoms with Gasteiger partial charge in [0.2, 0.25) is 17.8 Å². The van der Waals surface area contributed by atoms with E-state index in [4.69, 9.17) is 0 Å². The molecule has 0 bridgehead atoms. The molecule has 1 N–H and O–H groups in total. The highest BCUT2D eigenvalue weighted by Crippen LogP contribution is 2.34. The molecule has 1 aromatic heterocycles. The van der Waals surface area contributed by atoms with Gasteiger partial charge >= 0.3 is 0 Å². The molecule has 0 unspecified atom stereocenters. The number of aliphatic hydroxyl groups is 1. The van der Waals surface area contributed by atoms with Crippen molar-refractivity contribution in [2.45, 2.75) is 30.1 Å². The second-order valence-corrected chi connectivity index (χ2v) is 7.38. The van der Waals surface area contributed by atoms with Gasteiger partial charge in [-0.05, 0) is 18.9 Å². The maximum atomic E-state index is 13.8. The lowest BCUT2D eigenvalue weighted by Gasteiger charge is -2.38. The second-order valence-electron chi connectivity index (χ2n) is 6.23. The molecule has 25 heavy (non-hydrogen) atoms. The molecule has 7 nitrogen and oxygen atoms in total. The molecule has 0 radical (unpaired) electrons. The van der Waals surface area contributed by atoms with Crippen LogP contribution in [0.4, 0.5) is 9.18 Å². The number of pyridine rings is 1. The molecule has 2 aliphatic rings. The van der Waals surface area contributed by atoms with Crippen LogP contribution in [-0.2, 0) is 15.2 Å². The minimum Gasteiger partial charge on any atom is -0.385 e. The zero-order chi connectivity index (χ0) is 18.2. The third-order valence-corrected chi connectivity index (χ3v) is 5.82. The first-order valence-electron chi connectivity index (χ1n) is 7.91. The van der Waals surface area contributed by atoms with Crippen LogP contribution in [0.5, 0.6) is 0 Å². The van der Waals surface area contributed by atoms with Crippen LogP contribution in [0.25, 0.3) is 0 Å². The van der Waals surface area contributed by atoms with Crippen molar-refractivity contribution in [3.05, 3.63) is 29.8 Å². The van der Waals surface area contributed by atoms with E-state index in [1.165, 1.54) is 19.3 Å². The molecule has 0 saturated carbocycles. The number of piperidine rings is 1. The Morgan fingerprint density at radius 1 is 1.44 bits per heavy atom. The monoisotopic (exact) mass is 367 g/mol. The van der Waals surface area contributed by atoms with E-state index in [1.54, 1.807) is 11.0 Å². The number of thioether (sulfide) groups is 1. The summed E-state index contributed by atoms with van der Waals surface area (Å²) in [7, 11) is 1.39. The second kappa shape index (κ2) is 6.72. The summed E-state index contributed by atoms with van der Waals surface area (Å²) in [6.07, 6.45) is 1.63. The fourth-order valence-corrected chi connectivity index (χ4v) is 4.08. The predicted molar refractivity (Wildman–Crippen MR) is 88.1 cm³/mol. The van der Waals surface area contributed by atoms with Crippen LogP contribution in [0.3, 0.4) is 0 Å². The van der Waals surface area contributed by atoms with Crippen LogP contribution in [0.2, 0.25) is 0 Å². The Morgan fingerprint density at radius 3 is 2.68 bits per heavy atom. The van der Waals surface area contributed by atoms with Gasteiger partial charge < -0.3 is 10.0 Å². The molecule has 9 heteroatoms.